The molecular weight excluding hydrogens is 327 g/mol. The van der Waals surface area contributed by atoms with E-state index in [0.29, 0.717) is 16.7 Å². The lowest BCUT2D eigenvalue weighted by Crippen LogP contribution is -2.37. The molecular formula is C14H16BrFN2O2. The molecule has 0 aliphatic carbocycles. The third-order valence-electron chi connectivity index (χ3n) is 3.22. The Morgan fingerprint density at radius 1 is 1.40 bits per heavy atom. The van der Waals surface area contributed by atoms with E-state index in [1.54, 1.807) is 0 Å². The minimum absolute atomic E-state index is 0.137. The Morgan fingerprint density at radius 3 is 2.75 bits per heavy atom. The molecule has 1 unspecified atom stereocenters. The molecule has 1 aliphatic rings. The Kier molecular flexibility index (Phi) is 4.55. The highest BCUT2D eigenvalue weighted by Gasteiger charge is 2.38. The number of Topliss-reactive ketones (excluding diaryl/α,β-unsaturated/α-hetero) is 1. The summed E-state index contributed by atoms with van der Waals surface area (Å²) in [7, 11) is 0. The fourth-order valence-corrected chi connectivity index (χ4v) is 2.94. The van der Waals surface area contributed by atoms with Crippen LogP contribution in [0.3, 0.4) is 0 Å². The van der Waals surface area contributed by atoms with Crippen LogP contribution < -0.4 is 10.2 Å². The first-order chi connectivity index (χ1) is 9.45. The summed E-state index contributed by atoms with van der Waals surface area (Å²) < 4.78 is 13.8. The van der Waals surface area contributed by atoms with Gasteiger partial charge in [-0.05, 0) is 47.1 Å². The van der Waals surface area contributed by atoms with Crippen LogP contribution in [0.25, 0.3) is 0 Å². The third kappa shape index (κ3) is 2.76. The van der Waals surface area contributed by atoms with Crippen LogP contribution in [-0.4, -0.2) is 31.3 Å². The Balaban J connectivity index is 2.29. The van der Waals surface area contributed by atoms with Gasteiger partial charge in [0.1, 0.15) is 5.82 Å². The van der Waals surface area contributed by atoms with Gasteiger partial charge in [-0.25, -0.2) is 4.39 Å². The highest BCUT2D eigenvalue weighted by atomic mass is 79.9. The molecule has 0 bridgehead atoms. The van der Waals surface area contributed by atoms with E-state index in [1.807, 2.05) is 13.8 Å². The monoisotopic (exact) mass is 342 g/mol. The SMILES string of the molecule is CCNCC(C)CN1C(=O)C(=O)c2cc(F)cc(Br)c21. The smallest absolute Gasteiger partial charge is 0.299 e. The predicted molar refractivity (Wildman–Crippen MR) is 78.5 cm³/mol. The summed E-state index contributed by atoms with van der Waals surface area (Å²) in [5, 5.41) is 3.20. The summed E-state index contributed by atoms with van der Waals surface area (Å²) >= 11 is 3.23. The third-order valence-corrected chi connectivity index (χ3v) is 3.82. The molecule has 0 saturated carbocycles. The van der Waals surface area contributed by atoms with Gasteiger partial charge in [0.2, 0.25) is 0 Å². The standard InChI is InChI=1S/C14H16BrFN2O2/c1-3-17-6-8(2)7-18-12-10(13(19)14(18)20)4-9(16)5-11(12)15/h4-5,8,17H,3,6-7H2,1-2H3. The van der Waals surface area contributed by atoms with Crippen LogP contribution in [0.4, 0.5) is 10.1 Å². The van der Waals surface area contributed by atoms with Crippen molar-refractivity contribution in [2.45, 2.75) is 13.8 Å². The Morgan fingerprint density at radius 2 is 2.10 bits per heavy atom. The van der Waals surface area contributed by atoms with E-state index in [2.05, 4.69) is 21.2 Å². The summed E-state index contributed by atoms with van der Waals surface area (Å²) in [6.07, 6.45) is 0. The molecule has 4 nitrogen and oxygen atoms in total. The number of amides is 1. The summed E-state index contributed by atoms with van der Waals surface area (Å²) in [4.78, 5) is 25.4. The number of carbonyl (C=O) groups is 2. The normalized spacial score (nSPS) is 15.7. The molecule has 1 atom stereocenters. The minimum atomic E-state index is -0.643. The van der Waals surface area contributed by atoms with Crippen molar-refractivity contribution in [3.05, 3.63) is 28.0 Å². The van der Waals surface area contributed by atoms with Crippen LogP contribution in [0.1, 0.15) is 24.2 Å². The molecule has 1 amide bonds. The minimum Gasteiger partial charge on any atom is -0.317 e. The summed E-state index contributed by atoms with van der Waals surface area (Å²) in [6.45, 7) is 6.03. The zero-order valence-corrected chi connectivity index (χ0v) is 13.0. The summed E-state index contributed by atoms with van der Waals surface area (Å²) in [5.74, 6) is -1.57. The topological polar surface area (TPSA) is 49.4 Å². The van der Waals surface area contributed by atoms with Crippen LogP contribution in [0, 0.1) is 11.7 Å². The molecule has 1 N–H and O–H groups in total. The molecule has 1 heterocycles. The first kappa shape index (κ1) is 15.1. The Bertz CT molecular complexity index is 562. The van der Waals surface area contributed by atoms with E-state index < -0.39 is 17.5 Å². The average Bonchev–Trinajstić information content (AvgIpc) is 2.62. The highest BCUT2D eigenvalue weighted by molar-refractivity contribution is 9.10. The van der Waals surface area contributed by atoms with Gasteiger partial charge in [-0.1, -0.05) is 13.8 Å². The maximum Gasteiger partial charge on any atom is 0.299 e. The second kappa shape index (κ2) is 6.01. The maximum atomic E-state index is 13.4. The zero-order valence-electron chi connectivity index (χ0n) is 11.4. The molecule has 2 rings (SSSR count). The number of hydrogen-bond donors (Lipinski definition) is 1. The quantitative estimate of drug-likeness (QED) is 0.835. The van der Waals surface area contributed by atoms with Gasteiger partial charge in [0.05, 0.1) is 11.3 Å². The molecule has 0 saturated heterocycles. The van der Waals surface area contributed by atoms with E-state index in [4.69, 9.17) is 0 Å². The molecule has 0 aromatic heterocycles. The number of ketones is 1. The average molecular weight is 343 g/mol. The lowest BCUT2D eigenvalue weighted by Gasteiger charge is -2.22. The number of carbonyl (C=O) groups excluding carboxylic acids is 2. The van der Waals surface area contributed by atoms with E-state index in [1.165, 1.54) is 11.0 Å². The highest BCUT2D eigenvalue weighted by Crippen LogP contribution is 2.37. The Hall–Kier alpha value is -1.27. The lowest BCUT2D eigenvalue weighted by atomic mass is 10.1. The van der Waals surface area contributed by atoms with Gasteiger partial charge in [-0.3, -0.25) is 9.59 Å². The van der Waals surface area contributed by atoms with E-state index in [9.17, 15) is 14.0 Å². The molecule has 1 aromatic rings. The molecule has 20 heavy (non-hydrogen) atoms. The number of nitrogens with one attached hydrogen (secondary N) is 1. The van der Waals surface area contributed by atoms with Crippen LogP contribution in [0.2, 0.25) is 0 Å². The van der Waals surface area contributed by atoms with E-state index in [-0.39, 0.29) is 11.5 Å². The number of nitrogens with zero attached hydrogens (tertiary/aromatic N) is 1. The van der Waals surface area contributed by atoms with Crippen molar-refractivity contribution in [2.24, 2.45) is 5.92 Å². The first-order valence-corrected chi connectivity index (χ1v) is 7.31. The number of anilines is 1. The molecule has 1 aliphatic heterocycles. The van der Waals surface area contributed by atoms with Crippen molar-refractivity contribution in [3.8, 4) is 0 Å². The number of rotatable bonds is 5. The van der Waals surface area contributed by atoms with Gasteiger partial charge in [0.15, 0.2) is 0 Å². The molecule has 0 spiro atoms. The van der Waals surface area contributed by atoms with Crippen molar-refractivity contribution in [2.75, 3.05) is 24.5 Å². The van der Waals surface area contributed by atoms with Crippen LogP contribution in [0.15, 0.2) is 16.6 Å². The molecule has 6 heteroatoms. The van der Waals surface area contributed by atoms with Gasteiger partial charge in [-0.2, -0.15) is 0 Å². The summed E-state index contributed by atoms with van der Waals surface area (Å²) in [6, 6.07) is 2.39. The lowest BCUT2D eigenvalue weighted by molar-refractivity contribution is -0.114. The molecule has 0 fully saturated rings. The van der Waals surface area contributed by atoms with Gasteiger partial charge < -0.3 is 10.2 Å². The molecule has 0 radical (unpaired) electrons. The van der Waals surface area contributed by atoms with Crippen molar-refractivity contribution in [3.63, 3.8) is 0 Å². The molecule has 108 valence electrons. The van der Waals surface area contributed by atoms with Gasteiger partial charge in [0, 0.05) is 11.0 Å². The van der Waals surface area contributed by atoms with E-state index in [0.717, 1.165) is 19.2 Å². The van der Waals surface area contributed by atoms with Crippen molar-refractivity contribution < 1.29 is 14.0 Å². The van der Waals surface area contributed by atoms with Crippen LogP contribution >= 0.6 is 15.9 Å². The van der Waals surface area contributed by atoms with Crippen molar-refractivity contribution >= 4 is 33.3 Å². The van der Waals surface area contributed by atoms with Gasteiger partial charge >= 0.3 is 0 Å². The van der Waals surface area contributed by atoms with E-state index >= 15 is 0 Å². The maximum absolute atomic E-state index is 13.4. The second-order valence-electron chi connectivity index (χ2n) is 4.94. The second-order valence-corrected chi connectivity index (χ2v) is 5.80. The summed E-state index contributed by atoms with van der Waals surface area (Å²) in [5.41, 5.74) is 0.613. The first-order valence-electron chi connectivity index (χ1n) is 6.51. The van der Waals surface area contributed by atoms with Crippen LogP contribution in [-0.2, 0) is 4.79 Å². The molecule has 1 aromatic carbocycles. The van der Waals surface area contributed by atoms with Gasteiger partial charge in [-0.15, -0.1) is 0 Å². The number of hydrogen-bond acceptors (Lipinski definition) is 3. The van der Waals surface area contributed by atoms with Crippen molar-refractivity contribution in [1.82, 2.24) is 5.32 Å². The largest absolute Gasteiger partial charge is 0.317 e. The van der Waals surface area contributed by atoms with Crippen LogP contribution in [0.5, 0.6) is 0 Å². The zero-order chi connectivity index (χ0) is 14.9. The number of fused-ring (bicyclic) bond motifs is 1. The number of benzene rings is 1. The van der Waals surface area contributed by atoms with Gasteiger partial charge in [0.25, 0.3) is 11.7 Å². The number of halogens is 2. The fraction of sp³-hybridized carbons (Fsp3) is 0.429. The predicted octanol–water partition coefficient (Wildman–Crippen LogP) is 2.36. The fourth-order valence-electron chi connectivity index (χ4n) is 2.29. The van der Waals surface area contributed by atoms with Crippen molar-refractivity contribution in [1.29, 1.82) is 0 Å². The Labute approximate surface area is 125 Å².